The molecular weight excluding hydrogens is 360 g/mol. The van der Waals surface area contributed by atoms with Gasteiger partial charge in [0.1, 0.15) is 5.69 Å². The van der Waals surface area contributed by atoms with E-state index >= 15 is 0 Å². The number of hydrogen-bond acceptors (Lipinski definition) is 4. The molecule has 1 aromatic heterocycles. The molecule has 1 heterocycles. The van der Waals surface area contributed by atoms with E-state index in [4.69, 9.17) is 11.6 Å². The van der Waals surface area contributed by atoms with Crippen molar-refractivity contribution < 1.29 is 4.79 Å². The zero-order chi connectivity index (χ0) is 19.1. The molecule has 5 nitrogen and oxygen atoms in total. The van der Waals surface area contributed by atoms with Gasteiger partial charge in [0, 0.05) is 23.8 Å². The van der Waals surface area contributed by atoms with Crippen LogP contribution >= 0.6 is 11.6 Å². The fourth-order valence-corrected chi connectivity index (χ4v) is 2.98. The molecule has 0 aliphatic carbocycles. The third-order valence-corrected chi connectivity index (χ3v) is 4.35. The highest BCUT2D eigenvalue weighted by atomic mass is 35.5. The fraction of sp³-hybridized carbons (Fsp3) is 0.190. The molecule has 3 rings (SSSR count). The Morgan fingerprint density at radius 1 is 1.07 bits per heavy atom. The van der Waals surface area contributed by atoms with E-state index in [1.54, 1.807) is 6.20 Å². The first-order chi connectivity index (χ1) is 13.2. The minimum absolute atomic E-state index is 0.237. The zero-order valence-corrected chi connectivity index (χ0v) is 15.9. The molecule has 2 aromatic carbocycles. The van der Waals surface area contributed by atoms with Gasteiger partial charge < -0.3 is 10.2 Å². The van der Waals surface area contributed by atoms with Crippen LogP contribution in [0.3, 0.4) is 0 Å². The van der Waals surface area contributed by atoms with Crippen LogP contribution in [0.25, 0.3) is 0 Å². The number of carbonyl (C=O) groups is 1. The summed E-state index contributed by atoms with van der Waals surface area (Å²) in [5.41, 5.74) is 2.41. The number of aromatic nitrogens is 2. The minimum atomic E-state index is -0.237. The Bertz CT molecular complexity index is 884. The Hall–Kier alpha value is -2.92. The number of nitrogens with one attached hydrogen (secondary N) is 1. The highest BCUT2D eigenvalue weighted by molar-refractivity contribution is 6.30. The summed E-state index contributed by atoms with van der Waals surface area (Å²) in [4.78, 5) is 23.0. The minimum Gasteiger partial charge on any atom is -0.350 e. The van der Waals surface area contributed by atoms with E-state index in [9.17, 15) is 4.79 Å². The van der Waals surface area contributed by atoms with Crippen molar-refractivity contribution in [3.8, 4) is 0 Å². The number of amides is 1. The van der Waals surface area contributed by atoms with Crippen LogP contribution in [0.5, 0.6) is 0 Å². The largest absolute Gasteiger partial charge is 0.350 e. The summed E-state index contributed by atoms with van der Waals surface area (Å²) < 4.78 is 0. The highest BCUT2D eigenvalue weighted by Crippen LogP contribution is 2.21. The molecule has 0 aliphatic rings. The van der Waals surface area contributed by atoms with Crippen LogP contribution in [-0.4, -0.2) is 29.0 Å². The standard InChI is InChI=1S/C21H21ClN4O/c1-2-26(18-9-4-3-5-10-18)20-15-24-19(14-25-20)21(27)23-12-11-16-7-6-8-17(22)13-16/h3-10,13-15H,2,11-12H2,1H3,(H,23,27). The number of rotatable bonds is 7. The summed E-state index contributed by atoms with van der Waals surface area (Å²) in [5, 5.41) is 3.56. The monoisotopic (exact) mass is 380 g/mol. The average molecular weight is 381 g/mol. The lowest BCUT2D eigenvalue weighted by Gasteiger charge is -2.21. The van der Waals surface area contributed by atoms with Gasteiger partial charge in [0.15, 0.2) is 5.82 Å². The van der Waals surface area contributed by atoms with Crippen LogP contribution in [0.1, 0.15) is 23.0 Å². The summed E-state index contributed by atoms with van der Waals surface area (Å²) in [5.74, 6) is 0.470. The van der Waals surface area contributed by atoms with E-state index in [1.165, 1.54) is 6.20 Å². The number of nitrogens with zero attached hydrogens (tertiary/aromatic N) is 3. The van der Waals surface area contributed by atoms with Gasteiger partial charge in [0.2, 0.25) is 0 Å². The Balaban J connectivity index is 1.60. The third kappa shape index (κ3) is 5.05. The quantitative estimate of drug-likeness (QED) is 0.665. The van der Waals surface area contributed by atoms with E-state index in [0.717, 1.165) is 17.8 Å². The van der Waals surface area contributed by atoms with Crippen LogP contribution in [0.2, 0.25) is 5.02 Å². The van der Waals surface area contributed by atoms with Crippen LogP contribution in [0, 0.1) is 0 Å². The van der Waals surface area contributed by atoms with Crippen molar-refractivity contribution in [2.45, 2.75) is 13.3 Å². The molecule has 3 aromatic rings. The van der Waals surface area contributed by atoms with E-state index in [2.05, 4.69) is 15.3 Å². The summed E-state index contributed by atoms with van der Waals surface area (Å²) in [6, 6.07) is 17.6. The van der Waals surface area contributed by atoms with Crippen molar-refractivity contribution in [1.82, 2.24) is 15.3 Å². The molecule has 1 N–H and O–H groups in total. The van der Waals surface area contributed by atoms with Crippen molar-refractivity contribution in [3.63, 3.8) is 0 Å². The van der Waals surface area contributed by atoms with E-state index in [-0.39, 0.29) is 5.91 Å². The maximum atomic E-state index is 12.3. The van der Waals surface area contributed by atoms with Gasteiger partial charge in [-0.3, -0.25) is 4.79 Å². The number of hydrogen-bond donors (Lipinski definition) is 1. The second-order valence-corrected chi connectivity index (χ2v) is 6.41. The topological polar surface area (TPSA) is 58.1 Å². The van der Waals surface area contributed by atoms with Gasteiger partial charge in [-0.05, 0) is 43.2 Å². The first-order valence-electron chi connectivity index (χ1n) is 8.84. The first kappa shape index (κ1) is 18.9. The number of halogens is 1. The predicted molar refractivity (Wildman–Crippen MR) is 109 cm³/mol. The van der Waals surface area contributed by atoms with Crippen molar-refractivity contribution in [1.29, 1.82) is 0 Å². The maximum absolute atomic E-state index is 12.3. The molecule has 1 amide bonds. The van der Waals surface area contributed by atoms with Gasteiger partial charge in [0.25, 0.3) is 5.91 Å². The first-order valence-corrected chi connectivity index (χ1v) is 9.22. The highest BCUT2D eigenvalue weighted by Gasteiger charge is 2.12. The lowest BCUT2D eigenvalue weighted by molar-refractivity contribution is 0.0949. The fourth-order valence-electron chi connectivity index (χ4n) is 2.77. The molecule has 138 valence electrons. The zero-order valence-electron chi connectivity index (χ0n) is 15.1. The van der Waals surface area contributed by atoms with Gasteiger partial charge >= 0.3 is 0 Å². The predicted octanol–water partition coefficient (Wildman–Crippen LogP) is 4.26. The number of carbonyl (C=O) groups excluding carboxylic acids is 1. The third-order valence-electron chi connectivity index (χ3n) is 4.12. The molecule has 0 fully saturated rings. The lowest BCUT2D eigenvalue weighted by Crippen LogP contribution is -2.27. The molecule has 0 aliphatic heterocycles. The van der Waals surface area contributed by atoms with E-state index in [0.29, 0.717) is 29.5 Å². The summed E-state index contributed by atoms with van der Waals surface area (Å²) in [7, 11) is 0. The van der Waals surface area contributed by atoms with Gasteiger partial charge in [-0.2, -0.15) is 0 Å². The lowest BCUT2D eigenvalue weighted by atomic mass is 10.1. The van der Waals surface area contributed by atoms with Gasteiger partial charge in [-0.25, -0.2) is 9.97 Å². The van der Waals surface area contributed by atoms with Crippen molar-refractivity contribution in [3.05, 3.63) is 83.3 Å². The molecule has 0 saturated carbocycles. The molecule has 27 heavy (non-hydrogen) atoms. The molecule has 6 heteroatoms. The molecule has 0 spiro atoms. The average Bonchev–Trinajstić information content (AvgIpc) is 2.70. The molecular formula is C21H21ClN4O. The molecule has 0 bridgehead atoms. The summed E-state index contributed by atoms with van der Waals surface area (Å²) in [6.45, 7) is 3.31. The Kier molecular flexibility index (Phi) is 6.39. The van der Waals surface area contributed by atoms with Crippen LogP contribution < -0.4 is 10.2 Å². The number of para-hydroxylation sites is 1. The van der Waals surface area contributed by atoms with Gasteiger partial charge in [0.05, 0.1) is 12.4 Å². The van der Waals surface area contributed by atoms with Gasteiger partial charge in [-0.15, -0.1) is 0 Å². The maximum Gasteiger partial charge on any atom is 0.271 e. The summed E-state index contributed by atoms with van der Waals surface area (Å²) in [6.07, 6.45) is 3.84. The SMILES string of the molecule is CCN(c1ccccc1)c1cnc(C(=O)NCCc2cccc(Cl)c2)cn1. The second kappa shape index (κ2) is 9.14. The van der Waals surface area contributed by atoms with Crippen LogP contribution in [0.4, 0.5) is 11.5 Å². The molecule has 0 atom stereocenters. The molecule has 0 radical (unpaired) electrons. The van der Waals surface area contributed by atoms with E-state index < -0.39 is 0 Å². The van der Waals surface area contributed by atoms with Gasteiger partial charge in [-0.1, -0.05) is 41.9 Å². The van der Waals surface area contributed by atoms with Crippen molar-refractivity contribution in [2.75, 3.05) is 18.0 Å². The van der Waals surface area contributed by atoms with Crippen molar-refractivity contribution in [2.24, 2.45) is 0 Å². The Morgan fingerprint density at radius 2 is 1.89 bits per heavy atom. The van der Waals surface area contributed by atoms with Crippen molar-refractivity contribution >= 4 is 29.0 Å². The van der Waals surface area contributed by atoms with Crippen LogP contribution in [-0.2, 0) is 6.42 Å². The molecule has 0 unspecified atom stereocenters. The number of benzene rings is 2. The Morgan fingerprint density at radius 3 is 2.56 bits per heavy atom. The second-order valence-electron chi connectivity index (χ2n) is 5.98. The summed E-state index contributed by atoms with van der Waals surface area (Å²) >= 11 is 5.97. The molecule has 0 saturated heterocycles. The normalized spacial score (nSPS) is 10.4. The smallest absolute Gasteiger partial charge is 0.271 e. The number of anilines is 2. The Labute approximate surface area is 164 Å². The van der Waals surface area contributed by atoms with Crippen LogP contribution in [0.15, 0.2) is 67.0 Å². The van der Waals surface area contributed by atoms with E-state index in [1.807, 2.05) is 66.4 Å².